The predicted molar refractivity (Wildman–Crippen MR) is 76.8 cm³/mol. The van der Waals surface area contributed by atoms with Gasteiger partial charge in [0, 0.05) is 19.2 Å². The van der Waals surface area contributed by atoms with Crippen LogP contribution in [0.2, 0.25) is 0 Å². The molecule has 0 N–H and O–H groups in total. The van der Waals surface area contributed by atoms with E-state index < -0.39 is 0 Å². The van der Waals surface area contributed by atoms with Gasteiger partial charge in [0.1, 0.15) is 17.9 Å². The van der Waals surface area contributed by atoms with Crippen molar-refractivity contribution in [3.63, 3.8) is 0 Å². The van der Waals surface area contributed by atoms with E-state index in [9.17, 15) is 0 Å². The summed E-state index contributed by atoms with van der Waals surface area (Å²) in [5.74, 6) is 2.20. The van der Waals surface area contributed by atoms with E-state index in [1.54, 1.807) is 0 Å². The summed E-state index contributed by atoms with van der Waals surface area (Å²) in [6.45, 7) is 6.26. The third-order valence-electron chi connectivity index (χ3n) is 2.98. The summed E-state index contributed by atoms with van der Waals surface area (Å²) in [5, 5.41) is 0. The maximum Gasteiger partial charge on any atom is 0.224 e. The van der Waals surface area contributed by atoms with E-state index in [2.05, 4.69) is 28.7 Å². The van der Waals surface area contributed by atoms with Crippen LogP contribution >= 0.6 is 0 Å². The largest absolute Gasteiger partial charge is 0.439 e. The van der Waals surface area contributed by atoms with Gasteiger partial charge in [0.05, 0.1) is 0 Å². The van der Waals surface area contributed by atoms with Gasteiger partial charge in [-0.05, 0) is 38.5 Å². The van der Waals surface area contributed by atoms with Gasteiger partial charge in [-0.3, -0.25) is 0 Å². The average molecular weight is 257 g/mol. The number of anilines is 1. The summed E-state index contributed by atoms with van der Waals surface area (Å²) in [4.78, 5) is 10.5. The molecular weight excluding hydrogens is 238 g/mol. The van der Waals surface area contributed by atoms with Crippen molar-refractivity contribution in [2.24, 2.45) is 0 Å². The lowest BCUT2D eigenvalue weighted by molar-refractivity contribution is 0.461. The fourth-order valence-corrected chi connectivity index (χ4v) is 1.64. The summed E-state index contributed by atoms with van der Waals surface area (Å²) >= 11 is 0. The number of ether oxygens (including phenoxy) is 1. The lowest BCUT2D eigenvalue weighted by Crippen LogP contribution is -2.26. The number of hydrogen-bond acceptors (Lipinski definition) is 4. The van der Waals surface area contributed by atoms with Gasteiger partial charge in [0.2, 0.25) is 5.88 Å². The first-order chi connectivity index (χ1) is 9.06. The monoisotopic (exact) mass is 257 g/mol. The molecule has 19 heavy (non-hydrogen) atoms. The first-order valence-electron chi connectivity index (χ1n) is 6.35. The molecule has 0 radical (unpaired) electrons. The maximum absolute atomic E-state index is 5.75. The Hall–Kier alpha value is -2.10. The lowest BCUT2D eigenvalue weighted by Gasteiger charge is -2.22. The van der Waals surface area contributed by atoms with Crippen LogP contribution in [0.4, 0.5) is 5.82 Å². The van der Waals surface area contributed by atoms with Crippen LogP contribution in [0, 0.1) is 6.92 Å². The summed E-state index contributed by atoms with van der Waals surface area (Å²) in [6, 6.07) is 10.1. The number of benzene rings is 1. The lowest BCUT2D eigenvalue weighted by atomic mass is 10.2. The quantitative estimate of drug-likeness (QED) is 0.841. The molecule has 0 aliphatic heterocycles. The molecule has 0 saturated carbocycles. The molecule has 4 heteroatoms. The number of hydrogen-bond donors (Lipinski definition) is 0. The van der Waals surface area contributed by atoms with E-state index in [1.165, 1.54) is 6.33 Å². The highest BCUT2D eigenvalue weighted by atomic mass is 16.5. The SMILES string of the molecule is Cc1cccc(Oc2cc(N(C)C(C)C)ncn2)c1. The van der Waals surface area contributed by atoms with Crippen LogP contribution in [0.5, 0.6) is 11.6 Å². The maximum atomic E-state index is 5.75. The Balaban J connectivity index is 2.20. The van der Waals surface area contributed by atoms with Crippen LogP contribution in [0.25, 0.3) is 0 Å². The fraction of sp³-hybridized carbons (Fsp3) is 0.333. The molecule has 1 aromatic carbocycles. The Morgan fingerprint density at radius 2 is 1.95 bits per heavy atom. The van der Waals surface area contributed by atoms with Crippen molar-refractivity contribution in [1.82, 2.24) is 9.97 Å². The van der Waals surface area contributed by atoms with E-state index in [0.717, 1.165) is 17.1 Å². The molecule has 0 aliphatic carbocycles. The highest BCUT2D eigenvalue weighted by molar-refractivity contribution is 5.42. The second-order valence-electron chi connectivity index (χ2n) is 4.84. The Labute approximate surface area is 114 Å². The smallest absolute Gasteiger partial charge is 0.224 e. The molecule has 4 nitrogen and oxygen atoms in total. The molecule has 2 rings (SSSR count). The average Bonchev–Trinajstić information content (AvgIpc) is 2.38. The molecule has 2 aromatic rings. The molecule has 0 amide bonds. The number of rotatable bonds is 4. The van der Waals surface area contributed by atoms with Gasteiger partial charge in [-0.2, -0.15) is 0 Å². The normalized spacial score (nSPS) is 10.6. The van der Waals surface area contributed by atoms with Gasteiger partial charge < -0.3 is 9.64 Å². The van der Waals surface area contributed by atoms with Gasteiger partial charge in [0.25, 0.3) is 0 Å². The van der Waals surface area contributed by atoms with Crippen LogP contribution in [0.15, 0.2) is 36.7 Å². The standard InChI is InChI=1S/C15H19N3O/c1-11(2)18(4)14-9-15(17-10-16-14)19-13-7-5-6-12(3)8-13/h5-11H,1-4H3. The van der Waals surface area contributed by atoms with Crippen LogP contribution in [-0.2, 0) is 0 Å². The fourth-order valence-electron chi connectivity index (χ4n) is 1.64. The van der Waals surface area contributed by atoms with Crippen molar-refractivity contribution in [3.8, 4) is 11.6 Å². The molecule has 0 unspecified atom stereocenters. The zero-order valence-electron chi connectivity index (χ0n) is 11.8. The van der Waals surface area contributed by atoms with Crippen LogP contribution < -0.4 is 9.64 Å². The zero-order valence-corrected chi connectivity index (χ0v) is 11.8. The predicted octanol–water partition coefficient (Wildman–Crippen LogP) is 3.42. The van der Waals surface area contributed by atoms with E-state index in [4.69, 9.17) is 4.74 Å². The van der Waals surface area contributed by atoms with Gasteiger partial charge in [0.15, 0.2) is 0 Å². The van der Waals surface area contributed by atoms with Crippen molar-refractivity contribution in [3.05, 3.63) is 42.2 Å². The molecular formula is C15H19N3O. The minimum Gasteiger partial charge on any atom is -0.439 e. The van der Waals surface area contributed by atoms with E-state index in [-0.39, 0.29) is 0 Å². The highest BCUT2D eigenvalue weighted by Crippen LogP contribution is 2.23. The minimum atomic E-state index is 0.377. The van der Waals surface area contributed by atoms with Crippen molar-refractivity contribution in [2.75, 3.05) is 11.9 Å². The molecule has 0 spiro atoms. The molecule has 0 bridgehead atoms. The van der Waals surface area contributed by atoms with Gasteiger partial charge in [-0.25, -0.2) is 9.97 Å². The Kier molecular flexibility index (Phi) is 4.00. The second kappa shape index (κ2) is 5.69. The van der Waals surface area contributed by atoms with Crippen molar-refractivity contribution < 1.29 is 4.74 Å². The van der Waals surface area contributed by atoms with Gasteiger partial charge in [-0.15, -0.1) is 0 Å². The molecule has 1 heterocycles. The first-order valence-corrected chi connectivity index (χ1v) is 6.35. The van der Waals surface area contributed by atoms with Gasteiger partial charge >= 0.3 is 0 Å². The van der Waals surface area contributed by atoms with Crippen LogP contribution in [0.1, 0.15) is 19.4 Å². The molecule has 0 atom stereocenters. The van der Waals surface area contributed by atoms with E-state index >= 15 is 0 Å². The summed E-state index contributed by atoms with van der Waals surface area (Å²) in [7, 11) is 2.00. The van der Waals surface area contributed by atoms with Crippen molar-refractivity contribution >= 4 is 5.82 Å². The number of nitrogens with zero attached hydrogens (tertiary/aromatic N) is 3. The Morgan fingerprint density at radius 1 is 1.16 bits per heavy atom. The molecule has 0 saturated heterocycles. The Morgan fingerprint density at radius 3 is 2.63 bits per heavy atom. The Bertz CT molecular complexity index is 555. The van der Waals surface area contributed by atoms with Crippen LogP contribution in [-0.4, -0.2) is 23.1 Å². The molecule has 0 aliphatic rings. The van der Waals surface area contributed by atoms with E-state index in [1.807, 2.05) is 44.3 Å². The topological polar surface area (TPSA) is 38.2 Å². The van der Waals surface area contributed by atoms with Crippen LogP contribution in [0.3, 0.4) is 0 Å². The third-order valence-corrected chi connectivity index (χ3v) is 2.98. The third kappa shape index (κ3) is 3.44. The minimum absolute atomic E-state index is 0.377. The van der Waals surface area contributed by atoms with Crippen molar-refractivity contribution in [1.29, 1.82) is 0 Å². The zero-order chi connectivity index (χ0) is 13.8. The summed E-state index contributed by atoms with van der Waals surface area (Å²) in [5.41, 5.74) is 1.16. The number of aromatic nitrogens is 2. The number of aryl methyl sites for hydroxylation is 1. The first kappa shape index (κ1) is 13.3. The van der Waals surface area contributed by atoms with E-state index in [0.29, 0.717) is 11.9 Å². The molecule has 100 valence electrons. The molecule has 0 fully saturated rings. The second-order valence-corrected chi connectivity index (χ2v) is 4.84. The highest BCUT2D eigenvalue weighted by Gasteiger charge is 2.08. The van der Waals surface area contributed by atoms with Crippen molar-refractivity contribution in [2.45, 2.75) is 26.8 Å². The summed E-state index contributed by atoms with van der Waals surface area (Å²) < 4.78 is 5.75. The van der Waals surface area contributed by atoms with Gasteiger partial charge in [-0.1, -0.05) is 12.1 Å². The summed E-state index contributed by atoms with van der Waals surface area (Å²) in [6.07, 6.45) is 1.53. The molecule has 1 aromatic heterocycles.